The molecule has 0 saturated heterocycles. The largest absolute Gasteiger partial charge is 0.390 e. The quantitative estimate of drug-likeness (QED) is 0.690. The topological polar surface area (TPSA) is 40.5 Å². The highest BCUT2D eigenvalue weighted by Crippen LogP contribution is 2.54. The van der Waals surface area contributed by atoms with Gasteiger partial charge in [0.15, 0.2) is 0 Å². The Hall–Kier alpha value is -0.340. The molecule has 0 unspecified atom stereocenters. The molecule has 0 heterocycles. The van der Waals surface area contributed by atoms with Gasteiger partial charge in [-0.1, -0.05) is 13.5 Å². The highest BCUT2D eigenvalue weighted by atomic mass is 16.3. The fourth-order valence-electron chi connectivity index (χ4n) is 3.79. The Kier molecular flexibility index (Phi) is 3.16. The summed E-state index contributed by atoms with van der Waals surface area (Å²) in [5, 5.41) is 20.1. The maximum absolute atomic E-state index is 10.2. The number of hydrogen-bond donors (Lipinski definition) is 2. The second-order valence-electron chi connectivity index (χ2n) is 6.96. The molecule has 98 valence electrons. The third kappa shape index (κ3) is 2.30. The van der Waals surface area contributed by atoms with Gasteiger partial charge in [-0.25, -0.2) is 0 Å². The average Bonchev–Trinajstić information content (AvgIpc) is 2.22. The van der Waals surface area contributed by atoms with E-state index in [1.807, 2.05) is 13.8 Å². The molecule has 0 amide bonds. The molecule has 0 spiro atoms. The van der Waals surface area contributed by atoms with Gasteiger partial charge in [-0.2, -0.15) is 0 Å². The van der Waals surface area contributed by atoms with E-state index in [1.54, 1.807) is 0 Å². The minimum Gasteiger partial charge on any atom is -0.390 e. The molecule has 0 radical (unpaired) electrons. The summed E-state index contributed by atoms with van der Waals surface area (Å²) in [5.74, 6) is 0.721. The minimum absolute atomic E-state index is 0.304. The lowest BCUT2D eigenvalue weighted by Gasteiger charge is -2.51. The zero-order valence-corrected chi connectivity index (χ0v) is 11.4. The van der Waals surface area contributed by atoms with Crippen LogP contribution in [-0.2, 0) is 0 Å². The van der Waals surface area contributed by atoms with E-state index in [9.17, 15) is 10.2 Å². The monoisotopic (exact) mass is 238 g/mol. The zero-order chi connectivity index (χ0) is 12.8. The Balaban J connectivity index is 2.18. The van der Waals surface area contributed by atoms with Crippen LogP contribution in [-0.4, -0.2) is 21.9 Å². The predicted molar refractivity (Wildman–Crippen MR) is 69.6 cm³/mol. The molecule has 2 N–H and O–H groups in total. The Bertz CT molecular complexity index is 315. The van der Waals surface area contributed by atoms with Gasteiger partial charge in [0.1, 0.15) is 0 Å². The summed E-state index contributed by atoms with van der Waals surface area (Å²) >= 11 is 0. The van der Waals surface area contributed by atoms with E-state index in [2.05, 4.69) is 13.5 Å². The SMILES string of the molecule is C=C1[C@@H](O)CC[C@]2(C)CC[C@@H](C(C)(C)O)C[C@@H]12. The number of fused-ring (bicyclic) bond motifs is 1. The molecule has 2 fully saturated rings. The molecule has 0 aromatic carbocycles. The van der Waals surface area contributed by atoms with Gasteiger partial charge >= 0.3 is 0 Å². The summed E-state index contributed by atoms with van der Waals surface area (Å²) in [6, 6.07) is 0. The van der Waals surface area contributed by atoms with Crippen LogP contribution in [0.1, 0.15) is 52.9 Å². The van der Waals surface area contributed by atoms with Crippen LogP contribution in [0.15, 0.2) is 12.2 Å². The summed E-state index contributed by atoms with van der Waals surface area (Å²) in [4.78, 5) is 0. The lowest BCUT2D eigenvalue weighted by atomic mass is 9.55. The van der Waals surface area contributed by atoms with E-state index >= 15 is 0 Å². The molecular weight excluding hydrogens is 212 g/mol. The summed E-state index contributed by atoms with van der Waals surface area (Å²) < 4.78 is 0. The zero-order valence-electron chi connectivity index (χ0n) is 11.4. The average molecular weight is 238 g/mol. The van der Waals surface area contributed by atoms with Crippen molar-refractivity contribution in [3.63, 3.8) is 0 Å². The highest BCUT2D eigenvalue weighted by molar-refractivity contribution is 5.17. The standard InChI is InChI=1S/C15H26O2/c1-10-12-9-11(14(2,3)17)5-7-15(12,4)8-6-13(10)16/h11-13,16-17H,1,5-9H2,2-4H3/t11-,12+,13+,15+/m1/s1. The molecule has 2 aliphatic carbocycles. The molecular formula is C15H26O2. The molecule has 2 heteroatoms. The number of hydrogen-bond acceptors (Lipinski definition) is 2. The highest BCUT2D eigenvalue weighted by Gasteiger charge is 2.47. The molecule has 0 bridgehead atoms. The molecule has 0 aromatic rings. The van der Waals surface area contributed by atoms with Crippen molar-refractivity contribution < 1.29 is 10.2 Å². The normalized spacial score (nSPS) is 43.4. The smallest absolute Gasteiger partial charge is 0.0750 e. The van der Waals surface area contributed by atoms with Crippen LogP contribution < -0.4 is 0 Å². The van der Waals surface area contributed by atoms with Gasteiger partial charge in [0.2, 0.25) is 0 Å². The number of aliphatic hydroxyl groups is 2. The molecule has 0 aliphatic heterocycles. The van der Waals surface area contributed by atoms with E-state index in [0.29, 0.717) is 17.3 Å². The lowest BCUT2D eigenvalue weighted by Crippen LogP contribution is -2.46. The Labute approximate surface area is 105 Å². The summed E-state index contributed by atoms with van der Waals surface area (Å²) in [6.07, 6.45) is 4.86. The molecule has 4 atom stereocenters. The second kappa shape index (κ2) is 4.10. The molecule has 2 aliphatic rings. The lowest BCUT2D eigenvalue weighted by molar-refractivity contribution is -0.0509. The van der Waals surface area contributed by atoms with E-state index in [4.69, 9.17) is 0 Å². The maximum atomic E-state index is 10.2. The third-order valence-corrected chi connectivity index (χ3v) is 5.29. The van der Waals surface area contributed by atoms with Gasteiger partial charge in [0.05, 0.1) is 11.7 Å². The van der Waals surface area contributed by atoms with Crippen LogP contribution in [0.2, 0.25) is 0 Å². The van der Waals surface area contributed by atoms with Gasteiger partial charge in [-0.3, -0.25) is 0 Å². The molecule has 17 heavy (non-hydrogen) atoms. The fraction of sp³-hybridized carbons (Fsp3) is 0.867. The Morgan fingerprint density at radius 1 is 1.29 bits per heavy atom. The number of rotatable bonds is 1. The van der Waals surface area contributed by atoms with Crippen molar-refractivity contribution in [2.75, 3.05) is 0 Å². The number of aliphatic hydroxyl groups excluding tert-OH is 1. The summed E-state index contributed by atoms with van der Waals surface area (Å²) in [6.45, 7) is 10.2. The van der Waals surface area contributed by atoms with Crippen LogP contribution in [0.5, 0.6) is 0 Å². The van der Waals surface area contributed by atoms with Crippen molar-refractivity contribution in [1.29, 1.82) is 0 Å². The van der Waals surface area contributed by atoms with Crippen LogP contribution in [0.25, 0.3) is 0 Å². The van der Waals surface area contributed by atoms with Gasteiger partial charge < -0.3 is 10.2 Å². The first-order valence-corrected chi connectivity index (χ1v) is 6.83. The molecule has 0 aromatic heterocycles. The second-order valence-corrected chi connectivity index (χ2v) is 6.96. The van der Waals surface area contributed by atoms with Gasteiger partial charge in [-0.15, -0.1) is 0 Å². The first-order chi connectivity index (χ1) is 7.74. The van der Waals surface area contributed by atoms with E-state index < -0.39 is 5.60 Å². The van der Waals surface area contributed by atoms with E-state index in [0.717, 1.165) is 37.7 Å². The minimum atomic E-state index is -0.607. The fourth-order valence-corrected chi connectivity index (χ4v) is 3.79. The molecule has 2 nitrogen and oxygen atoms in total. The van der Waals surface area contributed by atoms with Crippen molar-refractivity contribution in [3.8, 4) is 0 Å². The van der Waals surface area contributed by atoms with Crippen molar-refractivity contribution >= 4 is 0 Å². The van der Waals surface area contributed by atoms with Gasteiger partial charge in [0.25, 0.3) is 0 Å². The van der Waals surface area contributed by atoms with Crippen molar-refractivity contribution in [2.24, 2.45) is 17.3 Å². The van der Waals surface area contributed by atoms with Gasteiger partial charge in [-0.05, 0) is 68.8 Å². The van der Waals surface area contributed by atoms with E-state index in [1.165, 1.54) is 0 Å². The van der Waals surface area contributed by atoms with Crippen molar-refractivity contribution in [3.05, 3.63) is 12.2 Å². The maximum Gasteiger partial charge on any atom is 0.0750 e. The van der Waals surface area contributed by atoms with Crippen LogP contribution in [0.3, 0.4) is 0 Å². The summed E-state index contributed by atoms with van der Waals surface area (Å²) in [5.41, 5.74) is 0.704. The first-order valence-electron chi connectivity index (χ1n) is 6.83. The first kappa shape index (κ1) is 13.1. The van der Waals surface area contributed by atoms with Crippen LogP contribution in [0, 0.1) is 17.3 Å². The predicted octanol–water partition coefficient (Wildman–Crippen LogP) is 2.89. The van der Waals surface area contributed by atoms with E-state index in [-0.39, 0.29) is 6.10 Å². The van der Waals surface area contributed by atoms with Crippen molar-refractivity contribution in [1.82, 2.24) is 0 Å². The molecule has 2 rings (SSSR count). The van der Waals surface area contributed by atoms with Gasteiger partial charge in [0, 0.05) is 0 Å². The molecule has 2 saturated carbocycles. The Morgan fingerprint density at radius 3 is 2.47 bits per heavy atom. The summed E-state index contributed by atoms with van der Waals surface area (Å²) in [7, 11) is 0. The van der Waals surface area contributed by atoms with Crippen LogP contribution in [0.4, 0.5) is 0 Å². The third-order valence-electron chi connectivity index (χ3n) is 5.29. The van der Waals surface area contributed by atoms with Crippen LogP contribution >= 0.6 is 0 Å². The Morgan fingerprint density at radius 2 is 1.88 bits per heavy atom. The van der Waals surface area contributed by atoms with Crippen molar-refractivity contribution in [2.45, 2.75) is 64.6 Å².